The molecule has 0 bridgehead atoms. The molecule has 1 aromatic heterocycles. The van der Waals surface area contributed by atoms with Crippen molar-refractivity contribution in [2.24, 2.45) is 0 Å². The number of thiophene rings is 1. The van der Waals surface area contributed by atoms with E-state index < -0.39 is 0 Å². The Bertz CT molecular complexity index is 719. The lowest BCUT2D eigenvalue weighted by Gasteiger charge is -2.09. The third kappa shape index (κ3) is 2.55. The summed E-state index contributed by atoms with van der Waals surface area (Å²) in [5.74, 6) is 0. The average Bonchev–Trinajstić information content (AvgIpc) is 2.84. The summed E-state index contributed by atoms with van der Waals surface area (Å²) >= 11 is 17.8. The van der Waals surface area contributed by atoms with Gasteiger partial charge in [0.25, 0.3) is 0 Å². The van der Waals surface area contributed by atoms with Crippen LogP contribution in [-0.2, 0) is 0 Å². The molecule has 4 heteroatoms. The second kappa shape index (κ2) is 5.45. The van der Waals surface area contributed by atoms with Gasteiger partial charge in [0.1, 0.15) is 0 Å². The lowest BCUT2D eigenvalue weighted by molar-refractivity contribution is 1.17. The molecule has 0 aliphatic rings. The maximum Gasteiger partial charge on any atom is 0.0849 e. The molecule has 1 heterocycles. The molecule has 0 N–H and O–H groups in total. The van der Waals surface area contributed by atoms with E-state index >= 15 is 0 Å². The Morgan fingerprint density at radius 2 is 1.79 bits per heavy atom. The molecule has 0 radical (unpaired) electrons. The first-order valence-corrected chi connectivity index (χ1v) is 8.20. The number of alkyl halides is 1. The number of hydrogen-bond acceptors (Lipinski definition) is 1. The van der Waals surface area contributed by atoms with Gasteiger partial charge in [0.15, 0.2) is 0 Å². The highest BCUT2D eigenvalue weighted by Crippen LogP contribution is 2.40. The maximum atomic E-state index is 6.60. The van der Waals surface area contributed by atoms with Crippen molar-refractivity contribution in [3.8, 4) is 0 Å². The topological polar surface area (TPSA) is 0 Å². The highest BCUT2D eigenvalue weighted by Gasteiger charge is 2.16. The Hall–Kier alpha value is -0.540. The highest BCUT2D eigenvalue weighted by molar-refractivity contribution is 9.10. The summed E-state index contributed by atoms with van der Waals surface area (Å²) in [6.45, 7) is 0. The van der Waals surface area contributed by atoms with E-state index in [2.05, 4.69) is 27.4 Å². The van der Waals surface area contributed by atoms with Crippen molar-refractivity contribution in [1.29, 1.82) is 0 Å². The fraction of sp³-hybridized carbons (Fsp3) is 0.0667. The van der Waals surface area contributed by atoms with Gasteiger partial charge in [-0.15, -0.1) is 22.9 Å². The van der Waals surface area contributed by atoms with E-state index in [0.717, 1.165) is 20.6 Å². The zero-order chi connectivity index (χ0) is 13.4. The van der Waals surface area contributed by atoms with E-state index in [1.54, 1.807) is 11.3 Å². The van der Waals surface area contributed by atoms with Crippen LogP contribution < -0.4 is 0 Å². The second-order valence-electron chi connectivity index (χ2n) is 4.22. The Morgan fingerprint density at radius 1 is 1.05 bits per heavy atom. The van der Waals surface area contributed by atoms with Crippen molar-refractivity contribution in [3.05, 3.63) is 68.5 Å². The maximum absolute atomic E-state index is 6.60. The molecule has 0 saturated carbocycles. The van der Waals surface area contributed by atoms with Crippen molar-refractivity contribution >= 4 is 60.6 Å². The predicted molar refractivity (Wildman–Crippen MR) is 88.7 cm³/mol. The van der Waals surface area contributed by atoms with E-state index in [-0.39, 0.29) is 5.38 Å². The first-order chi connectivity index (χ1) is 9.16. The van der Waals surface area contributed by atoms with Crippen molar-refractivity contribution in [2.45, 2.75) is 5.38 Å². The van der Waals surface area contributed by atoms with Crippen LogP contribution in [0.15, 0.2) is 52.3 Å². The van der Waals surface area contributed by atoms with E-state index in [4.69, 9.17) is 23.2 Å². The molecular formula is C15H9BrCl2S. The van der Waals surface area contributed by atoms with Gasteiger partial charge in [-0.05, 0) is 56.0 Å². The number of hydrogen-bond donors (Lipinski definition) is 0. The molecule has 0 aliphatic heterocycles. The molecule has 0 fully saturated rings. The molecule has 0 spiro atoms. The molecule has 0 nitrogen and oxygen atoms in total. The summed E-state index contributed by atoms with van der Waals surface area (Å²) in [5, 5.41) is 3.90. The minimum absolute atomic E-state index is 0.152. The van der Waals surface area contributed by atoms with Crippen LogP contribution in [0, 0.1) is 0 Å². The monoisotopic (exact) mass is 370 g/mol. The first kappa shape index (κ1) is 13.4. The molecule has 0 amide bonds. The van der Waals surface area contributed by atoms with Crippen LogP contribution in [0.4, 0.5) is 0 Å². The van der Waals surface area contributed by atoms with Gasteiger partial charge in [0.05, 0.1) is 5.38 Å². The largest absolute Gasteiger partial charge is 0.142 e. The number of fused-ring (bicyclic) bond motifs is 1. The van der Waals surface area contributed by atoms with Crippen LogP contribution >= 0.6 is 50.5 Å². The molecular weight excluding hydrogens is 363 g/mol. The quantitative estimate of drug-likeness (QED) is 0.442. The Labute approximate surface area is 134 Å². The van der Waals surface area contributed by atoms with E-state index in [9.17, 15) is 0 Å². The molecule has 1 unspecified atom stereocenters. The lowest BCUT2D eigenvalue weighted by atomic mass is 10.0. The Balaban J connectivity index is 2.09. The van der Waals surface area contributed by atoms with Crippen LogP contribution in [0.5, 0.6) is 0 Å². The van der Waals surface area contributed by atoms with Crippen LogP contribution in [0.2, 0.25) is 5.02 Å². The predicted octanol–water partition coefficient (Wildman–Crippen LogP) is 6.65. The molecule has 1 atom stereocenters. The van der Waals surface area contributed by atoms with Crippen molar-refractivity contribution in [1.82, 2.24) is 0 Å². The van der Waals surface area contributed by atoms with E-state index in [1.165, 1.54) is 10.1 Å². The molecule has 0 saturated heterocycles. The third-order valence-electron chi connectivity index (χ3n) is 3.02. The average molecular weight is 372 g/mol. The van der Waals surface area contributed by atoms with Crippen LogP contribution in [0.1, 0.15) is 16.5 Å². The van der Waals surface area contributed by atoms with Gasteiger partial charge < -0.3 is 0 Å². The lowest BCUT2D eigenvalue weighted by Crippen LogP contribution is -1.91. The molecule has 3 rings (SSSR count). The fourth-order valence-electron chi connectivity index (χ4n) is 2.05. The second-order valence-corrected chi connectivity index (χ2v) is 6.83. The van der Waals surface area contributed by atoms with Gasteiger partial charge in [0.2, 0.25) is 0 Å². The number of rotatable bonds is 2. The SMILES string of the molecule is Clc1ccc(C(Cl)c2csc3c(Br)cccc23)cc1. The first-order valence-electron chi connectivity index (χ1n) is 5.72. The molecule has 96 valence electrons. The summed E-state index contributed by atoms with van der Waals surface area (Å²) in [5.41, 5.74) is 2.20. The van der Waals surface area contributed by atoms with E-state index in [0.29, 0.717) is 0 Å². The Kier molecular flexibility index (Phi) is 3.86. The van der Waals surface area contributed by atoms with Crippen LogP contribution in [0.25, 0.3) is 10.1 Å². The molecule has 0 aliphatic carbocycles. The minimum atomic E-state index is -0.152. The standard InChI is InChI=1S/C15H9BrCl2S/c16-13-3-1-2-11-12(8-19-15(11)13)14(18)9-4-6-10(17)7-5-9/h1-8,14H. The van der Waals surface area contributed by atoms with E-state index in [1.807, 2.05) is 36.4 Å². The van der Waals surface area contributed by atoms with Crippen molar-refractivity contribution < 1.29 is 0 Å². The van der Waals surface area contributed by atoms with Crippen LogP contribution in [0.3, 0.4) is 0 Å². The summed E-state index contributed by atoms with van der Waals surface area (Å²) in [4.78, 5) is 0. The smallest absolute Gasteiger partial charge is 0.0849 e. The fourth-order valence-corrected chi connectivity index (χ4v) is 4.22. The van der Waals surface area contributed by atoms with Gasteiger partial charge in [-0.3, -0.25) is 0 Å². The van der Waals surface area contributed by atoms with Crippen molar-refractivity contribution in [3.63, 3.8) is 0 Å². The molecule has 2 aromatic carbocycles. The zero-order valence-electron chi connectivity index (χ0n) is 9.74. The van der Waals surface area contributed by atoms with Gasteiger partial charge in [-0.1, -0.05) is 35.9 Å². The molecule has 3 aromatic rings. The third-order valence-corrected chi connectivity index (χ3v) is 5.73. The number of benzene rings is 2. The normalized spacial score (nSPS) is 12.8. The number of halogens is 3. The van der Waals surface area contributed by atoms with Crippen molar-refractivity contribution in [2.75, 3.05) is 0 Å². The summed E-state index contributed by atoms with van der Waals surface area (Å²) < 4.78 is 2.35. The summed E-state index contributed by atoms with van der Waals surface area (Å²) in [7, 11) is 0. The highest BCUT2D eigenvalue weighted by atomic mass is 79.9. The van der Waals surface area contributed by atoms with Gasteiger partial charge in [-0.25, -0.2) is 0 Å². The molecule has 19 heavy (non-hydrogen) atoms. The summed E-state index contributed by atoms with van der Waals surface area (Å²) in [6.07, 6.45) is 0. The zero-order valence-corrected chi connectivity index (χ0v) is 13.7. The van der Waals surface area contributed by atoms with Gasteiger partial charge in [0, 0.05) is 14.2 Å². The van der Waals surface area contributed by atoms with Gasteiger partial charge >= 0.3 is 0 Å². The Morgan fingerprint density at radius 3 is 2.53 bits per heavy atom. The van der Waals surface area contributed by atoms with Crippen LogP contribution in [-0.4, -0.2) is 0 Å². The minimum Gasteiger partial charge on any atom is -0.142 e. The summed E-state index contributed by atoms with van der Waals surface area (Å²) in [6, 6.07) is 13.9. The van der Waals surface area contributed by atoms with Gasteiger partial charge in [-0.2, -0.15) is 0 Å².